The fourth-order valence-electron chi connectivity index (χ4n) is 6.13. The van der Waals surface area contributed by atoms with Crippen molar-refractivity contribution >= 4 is 54.0 Å². The number of aliphatic carboxylic acids is 1. The van der Waals surface area contributed by atoms with Crippen LogP contribution in [0.4, 0.5) is 0 Å². The summed E-state index contributed by atoms with van der Waals surface area (Å²) < 4.78 is 0. The summed E-state index contributed by atoms with van der Waals surface area (Å²) >= 11 is 3.97. The van der Waals surface area contributed by atoms with Crippen molar-refractivity contribution < 1.29 is 48.9 Å². The molecule has 1 aromatic carbocycles. The fourth-order valence-corrected chi connectivity index (χ4v) is 6.38. The van der Waals surface area contributed by atoms with Gasteiger partial charge in [0.05, 0.1) is 13.2 Å². The Hall–Kier alpha value is -4.46. The van der Waals surface area contributed by atoms with Crippen LogP contribution < -0.4 is 32.7 Å². The average molecular weight is 751 g/mol. The number of likely N-dealkylation sites (tertiary alicyclic amines) is 2. The molecule has 1 aromatic rings. The second-order valence-electron chi connectivity index (χ2n) is 12.8. The Kier molecular flexibility index (Phi) is 16.6. The maximum Gasteiger partial charge on any atom is 0.327 e. The summed E-state index contributed by atoms with van der Waals surface area (Å²) in [5, 5.41) is 38.4. The monoisotopic (exact) mass is 750 g/mol. The van der Waals surface area contributed by atoms with Crippen LogP contribution in [-0.2, 0) is 40.0 Å². The molecule has 19 heteroatoms. The van der Waals surface area contributed by atoms with Crippen molar-refractivity contribution in [1.82, 2.24) is 31.1 Å². The number of phenolic OH excluding ortho intramolecular Hbond substituents is 1. The number of aliphatic hydroxyl groups is 1. The van der Waals surface area contributed by atoms with Gasteiger partial charge in [0.25, 0.3) is 0 Å². The summed E-state index contributed by atoms with van der Waals surface area (Å²) in [5.74, 6) is -5.24. The number of phenols is 1. The first-order valence-corrected chi connectivity index (χ1v) is 17.9. The normalized spacial score (nSPS) is 19.2. The van der Waals surface area contributed by atoms with Gasteiger partial charge in [0, 0.05) is 25.3 Å². The minimum atomic E-state index is -1.27. The second-order valence-corrected chi connectivity index (χ2v) is 13.2. The van der Waals surface area contributed by atoms with E-state index in [2.05, 4.69) is 33.9 Å². The lowest BCUT2D eigenvalue weighted by atomic mass is 10.0. The molecule has 18 nitrogen and oxygen atoms in total. The van der Waals surface area contributed by atoms with Crippen molar-refractivity contribution in [3.63, 3.8) is 0 Å². The highest BCUT2D eigenvalue weighted by Crippen LogP contribution is 2.25. The first kappa shape index (κ1) is 42.0. The van der Waals surface area contributed by atoms with Crippen LogP contribution in [0.25, 0.3) is 0 Å². The van der Waals surface area contributed by atoms with Gasteiger partial charge in [-0.2, -0.15) is 12.6 Å². The first-order chi connectivity index (χ1) is 24.8. The Morgan fingerprint density at radius 3 is 2.10 bits per heavy atom. The number of nitrogens with two attached hydrogens (primary N) is 2. The summed E-state index contributed by atoms with van der Waals surface area (Å²) in [7, 11) is 0. The topological polar surface area (TPSA) is 287 Å². The zero-order valence-corrected chi connectivity index (χ0v) is 29.8. The molecule has 2 fully saturated rings. The van der Waals surface area contributed by atoms with Gasteiger partial charge < -0.3 is 57.9 Å². The molecule has 288 valence electrons. The second kappa shape index (κ2) is 20.5. The molecular weight excluding hydrogens is 700 g/mol. The van der Waals surface area contributed by atoms with E-state index in [4.69, 9.17) is 11.5 Å². The number of nitrogens with one attached hydrogen (secondary N) is 4. The van der Waals surface area contributed by atoms with Gasteiger partial charge in [0.1, 0.15) is 42.0 Å². The van der Waals surface area contributed by atoms with E-state index in [0.29, 0.717) is 50.6 Å². The van der Waals surface area contributed by atoms with E-state index in [1.54, 1.807) is 12.1 Å². The number of hydrogen-bond donors (Lipinski definition) is 10. The third-order valence-electron chi connectivity index (χ3n) is 9.03. The quantitative estimate of drug-likeness (QED) is 0.0499. The Balaban J connectivity index is 1.71. The highest BCUT2D eigenvalue weighted by molar-refractivity contribution is 7.80. The first-order valence-electron chi connectivity index (χ1n) is 17.3. The van der Waals surface area contributed by atoms with Crippen LogP contribution >= 0.6 is 12.6 Å². The number of benzene rings is 1. The van der Waals surface area contributed by atoms with Crippen molar-refractivity contribution in [2.75, 3.05) is 38.5 Å². The largest absolute Gasteiger partial charge is 0.508 e. The molecule has 11 N–H and O–H groups in total. The Bertz CT molecular complexity index is 1430. The van der Waals surface area contributed by atoms with Crippen molar-refractivity contribution in [1.29, 1.82) is 0 Å². The minimum Gasteiger partial charge on any atom is -0.508 e. The van der Waals surface area contributed by atoms with Gasteiger partial charge in [0.15, 0.2) is 0 Å². The molecule has 6 atom stereocenters. The summed E-state index contributed by atoms with van der Waals surface area (Å²) in [6.45, 7) is -0.338. The number of amides is 6. The number of carbonyl (C=O) groups excluding carboxylic acids is 6. The zero-order valence-electron chi connectivity index (χ0n) is 28.9. The molecule has 6 amide bonds. The number of nitrogens with zero attached hydrogens (tertiary/aromatic N) is 2. The molecule has 0 unspecified atom stereocenters. The molecule has 0 aliphatic carbocycles. The molecule has 3 rings (SSSR count). The van der Waals surface area contributed by atoms with E-state index in [1.807, 2.05) is 0 Å². The molecule has 0 saturated carbocycles. The van der Waals surface area contributed by atoms with E-state index in [9.17, 15) is 48.9 Å². The smallest absolute Gasteiger partial charge is 0.327 e. The number of rotatable bonds is 19. The maximum absolute atomic E-state index is 13.7. The van der Waals surface area contributed by atoms with E-state index in [1.165, 1.54) is 21.9 Å². The molecule has 0 radical (unpaired) electrons. The predicted molar refractivity (Wildman–Crippen MR) is 190 cm³/mol. The van der Waals surface area contributed by atoms with Gasteiger partial charge in [-0.15, -0.1) is 0 Å². The van der Waals surface area contributed by atoms with Crippen LogP contribution in [0.1, 0.15) is 50.5 Å². The van der Waals surface area contributed by atoms with Gasteiger partial charge in [-0.3, -0.25) is 28.8 Å². The van der Waals surface area contributed by atoms with E-state index < -0.39 is 90.8 Å². The number of carbonyl (C=O) groups is 7. The lowest BCUT2D eigenvalue weighted by Gasteiger charge is -2.31. The SMILES string of the molecule is NCCCC[C@H](NC(=O)[C@@H](N)CO)C(=O)N[C@@H](Cc1ccc(O)cc1)C(=O)NCC(=O)N1CCC[C@H]1C(=O)N1CCC[C@H]1C(=O)N[C@@H](CS)C(=O)O. The number of carboxylic acid groups (broad SMARTS) is 1. The average Bonchev–Trinajstić information content (AvgIpc) is 3.83. The molecule has 0 aromatic heterocycles. The van der Waals surface area contributed by atoms with Gasteiger partial charge in [-0.25, -0.2) is 4.79 Å². The van der Waals surface area contributed by atoms with Crippen LogP contribution in [0.2, 0.25) is 0 Å². The zero-order chi connectivity index (χ0) is 38.4. The van der Waals surface area contributed by atoms with E-state index in [0.717, 1.165) is 0 Å². The summed E-state index contributed by atoms with van der Waals surface area (Å²) in [6.07, 6.45) is 2.80. The van der Waals surface area contributed by atoms with Gasteiger partial charge >= 0.3 is 5.97 Å². The molecule has 2 saturated heterocycles. The van der Waals surface area contributed by atoms with Crippen molar-refractivity contribution in [3.05, 3.63) is 29.8 Å². The summed E-state index contributed by atoms with van der Waals surface area (Å²) in [4.78, 5) is 93.6. The molecule has 52 heavy (non-hydrogen) atoms. The lowest BCUT2D eigenvalue weighted by Crippen LogP contribution is -2.57. The number of aromatic hydroxyl groups is 1. The number of unbranched alkanes of at least 4 members (excludes halogenated alkanes) is 1. The van der Waals surface area contributed by atoms with Crippen molar-refractivity contribution in [2.24, 2.45) is 11.5 Å². The Labute approximate surface area is 306 Å². The molecule has 2 heterocycles. The molecular formula is C33H50N8O10S. The molecule has 0 bridgehead atoms. The van der Waals surface area contributed by atoms with Crippen LogP contribution in [0.3, 0.4) is 0 Å². The fraction of sp³-hybridized carbons (Fsp3) is 0.606. The predicted octanol–water partition coefficient (Wildman–Crippen LogP) is -3.05. The third-order valence-corrected chi connectivity index (χ3v) is 9.40. The van der Waals surface area contributed by atoms with Crippen molar-refractivity contribution in [3.8, 4) is 5.75 Å². The van der Waals surface area contributed by atoms with Crippen LogP contribution in [0.15, 0.2) is 24.3 Å². The van der Waals surface area contributed by atoms with Crippen LogP contribution in [-0.4, -0.2) is 141 Å². The number of hydrogen-bond acceptors (Lipinski definition) is 12. The molecule has 2 aliphatic heterocycles. The maximum atomic E-state index is 13.7. The summed E-state index contributed by atoms with van der Waals surface area (Å²) in [6, 6.07) is -0.726. The van der Waals surface area contributed by atoms with Crippen LogP contribution in [0.5, 0.6) is 5.75 Å². The number of thiol groups is 1. The van der Waals surface area contributed by atoms with Gasteiger partial charge in [0.2, 0.25) is 35.4 Å². The Morgan fingerprint density at radius 2 is 1.48 bits per heavy atom. The summed E-state index contributed by atoms with van der Waals surface area (Å²) in [5.41, 5.74) is 11.8. The van der Waals surface area contributed by atoms with E-state index >= 15 is 0 Å². The van der Waals surface area contributed by atoms with Gasteiger partial charge in [-0.05, 0) is 69.2 Å². The third kappa shape index (κ3) is 11.8. The van der Waals surface area contributed by atoms with Crippen molar-refractivity contribution in [2.45, 2.75) is 87.6 Å². The highest BCUT2D eigenvalue weighted by atomic mass is 32.1. The Morgan fingerprint density at radius 1 is 0.846 bits per heavy atom. The minimum absolute atomic E-state index is 0.0139. The van der Waals surface area contributed by atoms with Gasteiger partial charge in [-0.1, -0.05) is 12.1 Å². The van der Waals surface area contributed by atoms with Crippen LogP contribution in [0, 0.1) is 0 Å². The number of aliphatic hydroxyl groups excluding tert-OH is 1. The van der Waals surface area contributed by atoms with E-state index in [-0.39, 0.29) is 37.4 Å². The standard InChI is InChI=1S/C33H50N8O10S/c34-12-2-1-5-22(37-28(45)21(35)17-42)30(47)38-23(15-19-8-10-20(43)11-9-19)29(46)36-16-27(44)40-13-4-7-26(40)32(49)41-14-3-6-25(41)31(48)39-24(18-52)33(50)51/h8-11,21-26,42-43,52H,1-7,12-18,34-35H2,(H,36,46)(H,37,45)(H,38,47)(H,39,48)(H,50,51)/t21-,22-,23-,24-,25-,26-/m0/s1. The highest BCUT2D eigenvalue weighted by Gasteiger charge is 2.42. The number of carboxylic acids is 1. The molecule has 0 spiro atoms. The lowest BCUT2D eigenvalue weighted by molar-refractivity contribution is -0.147. The molecule has 2 aliphatic rings.